The Bertz CT molecular complexity index is 577. The Balaban J connectivity index is 2.18. The molecule has 0 aliphatic carbocycles. The molecule has 0 aliphatic rings. The summed E-state index contributed by atoms with van der Waals surface area (Å²) in [5.74, 6) is 0.116. The Kier molecular flexibility index (Phi) is 5.95. The first-order valence-corrected chi connectivity index (χ1v) is 7.85. The SMILES string of the molecule is CCCCCCc1c(Cl)nc(-c2ccc(F)cc2)nc1Cl. The topological polar surface area (TPSA) is 25.8 Å². The lowest BCUT2D eigenvalue weighted by molar-refractivity contribution is 0.628. The lowest BCUT2D eigenvalue weighted by atomic mass is 10.1. The molecule has 0 aliphatic heterocycles. The van der Waals surface area contributed by atoms with Gasteiger partial charge in [-0.3, -0.25) is 0 Å². The maximum atomic E-state index is 12.9. The van der Waals surface area contributed by atoms with Crippen LogP contribution in [-0.2, 0) is 6.42 Å². The van der Waals surface area contributed by atoms with Crippen LogP contribution in [0, 0.1) is 5.82 Å². The first-order valence-electron chi connectivity index (χ1n) is 7.09. The highest BCUT2D eigenvalue weighted by atomic mass is 35.5. The zero-order chi connectivity index (χ0) is 15.2. The van der Waals surface area contributed by atoms with Crippen LogP contribution in [0.15, 0.2) is 24.3 Å². The van der Waals surface area contributed by atoms with Gasteiger partial charge in [-0.25, -0.2) is 14.4 Å². The summed E-state index contributed by atoms with van der Waals surface area (Å²) in [5.41, 5.74) is 1.48. The lowest BCUT2D eigenvalue weighted by Crippen LogP contribution is -1.98. The van der Waals surface area contributed by atoms with Crippen LogP contribution in [0.2, 0.25) is 10.3 Å². The maximum Gasteiger partial charge on any atom is 0.162 e. The summed E-state index contributed by atoms with van der Waals surface area (Å²) in [4.78, 5) is 8.56. The van der Waals surface area contributed by atoms with E-state index in [1.54, 1.807) is 12.1 Å². The van der Waals surface area contributed by atoms with E-state index in [0.717, 1.165) is 24.8 Å². The summed E-state index contributed by atoms with van der Waals surface area (Å²) in [6, 6.07) is 5.94. The monoisotopic (exact) mass is 326 g/mol. The van der Waals surface area contributed by atoms with Crippen molar-refractivity contribution in [1.29, 1.82) is 0 Å². The number of nitrogens with zero attached hydrogens (tertiary/aromatic N) is 2. The van der Waals surface area contributed by atoms with E-state index in [-0.39, 0.29) is 5.82 Å². The van der Waals surface area contributed by atoms with Crippen molar-refractivity contribution in [3.05, 3.63) is 46.0 Å². The summed E-state index contributed by atoms with van der Waals surface area (Å²) in [5, 5.41) is 0.761. The van der Waals surface area contributed by atoms with E-state index in [4.69, 9.17) is 23.2 Å². The molecule has 0 atom stereocenters. The van der Waals surface area contributed by atoms with Gasteiger partial charge in [0.25, 0.3) is 0 Å². The molecule has 1 aromatic heterocycles. The van der Waals surface area contributed by atoms with Crippen molar-refractivity contribution in [2.24, 2.45) is 0 Å². The normalized spacial score (nSPS) is 10.9. The first kappa shape index (κ1) is 16.2. The molecule has 0 spiro atoms. The largest absolute Gasteiger partial charge is 0.216 e. The molecule has 0 fully saturated rings. The van der Waals surface area contributed by atoms with Gasteiger partial charge in [0, 0.05) is 11.1 Å². The van der Waals surface area contributed by atoms with Crippen LogP contribution >= 0.6 is 23.2 Å². The quantitative estimate of drug-likeness (QED) is 0.501. The van der Waals surface area contributed by atoms with Crippen molar-refractivity contribution in [3.63, 3.8) is 0 Å². The van der Waals surface area contributed by atoms with E-state index in [1.807, 2.05) is 0 Å². The second-order valence-electron chi connectivity index (χ2n) is 4.92. The molecule has 2 aromatic rings. The molecular weight excluding hydrogens is 310 g/mol. The number of unbranched alkanes of at least 4 members (excludes halogenated alkanes) is 3. The van der Waals surface area contributed by atoms with Gasteiger partial charge < -0.3 is 0 Å². The summed E-state index contributed by atoms with van der Waals surface area (Å²) >= 11 is 12.4. The van der Waals surface area contributed by atoms with Crippen molar-refractivity contribution in [2.45, 2.75) is 39.0 Å². The molecule has 0 bridgehead atoms. The highest BCUT2D eigenvalue weighted by molar-refractivity contribution is 6.34. The third-order valence-corrected chi connectivity index (χ3v) is 3.91. The number of hydrogen-bond acceptors (Lipinski definition) is 2. The Morgan fingerprint density at radius 3 is 2.14 bits per heavy atom. The minimum Gasteiger partial charge on any atom is -0.216 e. The molecule has 112 valence electrons. The summed E-state index contributed by atoms with van der Waals surface area (Å²) in [6.07, 6.45) is 5.32. The predicted molar refractivity (Wildman–Crippen MR) is 85.3 cm³/mol. The van der Waals surface area contributed by atoms with Gasteiger partial charge in [0.05, 0.1) is 0 Å². The van der Waals surface area contributed by atoms with Gasteiger partial charge in [-0.2, -0.15) is 0 Å². The maximum absolute atomic E-state index is 12.9. The van der Waals surface area contributed by atoms with Crippen molar-refractivity contribution in [3.8, 4) is 11.4 Å². The first-order chi connectivity index (χ1) is 10.1. The van der Waals surface area contributed by atoms with Crippen molar-refractivity contribution in [2.75, 3.05) is 0 Å². The van der Waals surface area contributed by atoms with Gasteiger partial charge in [0.15, 0.2) is 5.82 Å². The number of benzene rings is 1. The van der Waals surface area contributed by atoms with Crippen LogP contribution in [0.25, 0.3) is 11.4 Å². The fourth-order valence-electron chi connectivity index (χ4n) is 2.09. The molecular formula is C16H17Cl2FN2. The fourth-order valence-corrected chi connectivity index (χ4v) is 2.67. The molecule has 0 amide bonds. The molecule has 0 unspecified atom stereocenters. The highest BCUT2D eigenvalue weighted by Crippen LogP contribution is 2.27. The fraction of sp³-hybridized carbons (Fsp3) is 0.375. The Labute approximate surface area is 134 Å². The van der Waals surface area contributed by atoms with Crippen molar-refractivity contribution < 1.29 is 4.39 Å². The average molecular weight is 327 g/mol. The number of rotatable bonds is 6. The van der Waals surface area contributed by atoms with Crippen LogP contribution in [0.1, 0.15) is 38.2 Å². The molecule has 2 rings (SSSR count). The number of halogens is 3. The molecule has 0 N–H and O–H groups in total. The van der Waals surface area contributed by atoms with Gasteiger partial charge in [-0.15, -0.1) is 0 Å². The second-order valence-corrected chi connectivity index (χ2v) is 5.64. The molecule has 0 saturated carbocycles. The summed E-state index contributed by atoms with van der Waals surface area (Å²) in [7, 11) is 0. The van der Waals surface area contributed by atoms with E-state index < -0.39 is 0 Å². The second kappa shape index (κ2) is 7.71. The number of aromatic nitrogens is 2. The van der Waals surface area contributed by atoms with Crippen LogP contribution in [0.5, 0.6) is 0 Å². The summed E-state index contributed by atoms with van der Waals surface area (Å²) < 4.78 is 12.9. The molecule has 0 radical (unpaired) electrons. The van der Waals surface area contributed by atoms with Gasteiger partial charge in [0.1, 0.15) is 16.1 Å². The Hall–Kier alpha value is -1.19. The van der Waals surface area contributed by atoms with E-state index in [1.165, 1.54) is 25.0 Å². The minimum absolute atomic E-state index is 0.302. The van der Waals surface area contributed by atoms with Crippen LogP contribution in [0.3, 0.4) is 0 Å². The van der Waals surface area contributed by atoms with Gasteiger partial charge >= 0.3 is 0 Å². The minimum atomic E-state index is -0.302. The van der Waals surface area contributed by atoms with Gasteiger partial charge in [-0.1, -0.05) is 49.4 Å². The van der Waals surface area contributed by atoms with Crippen LogP contribution in [-0.4, -0.2) is 9.97 Å². The van der Waals surface area contributed by atoms with Gasteiger partial charge in [-0.05, 0) is 37.1 Å². The van der Waals surface area contributed by atoms with Crippen LogP contribution in [0.4, 0.5) is 4.39 Å². The molecule has 0 saturated heterocycles. The zero-order valence-electron chi connectivity index (χ0n) is 11.9. The average Bonchev–Trinajstić information content (AvgIpc) is 2.46. The predicted octanol–water partition coefficient (Wildman–Crippen LogP) is 5.71. The van der Waals surface area contributed by atoms with E-state index in [0.29, 0.717) is 21.7 Å². The Morgan fingerprint density at radius 2 is 1.57 bits per heavy atom. The third kappa shape index (κ3) is 4.39. The van der Waals surface area contributed by atoms with Gasteiger partial charge in [0.2, 0.25) is 0 Å². The van der Waals surface area contributed by atoms with E-state index in [2.05, 4.69) is 16.9 Å². The van der Waals surface area contributed by atoms with E-state index in [9.17, 15) is 4.39 Å². The standard InChI is InChI=1S/C16H17Cl2FN2/c1-2-3-4-5-6-13-14(17)20-16(21-15(13)18)11-7-9-12(19)10-8-11/h7-10H,2-6H2,1H3. The molecule has 2 nitrogen and oxygen atoms in total. The van der Waals surface area contributed by atoms with E-state index >= 15 is 0 Å². The molecule has 1 heterocycles. The summed E-state index contributed by atoms with van der Waals surface area (Å²) in [6.45, 7) is 2.17. The molecule has 5 heteroatoms. The lowest BCUT2D eigenvalue weighted by Gasteiger charge is -2.08. The van der Waals surface area contributed by atoms with Crippen LogP contribution < -0.4 is 0 Å². The third-order valence-electron chi connectivity index (χ3n) is 3.29. The zero-order valence-corrected chi connectivity index (χ0v) is 13.4. The van der Waals surface area contributed by atoms with Crippen molar-refractivity contribution in [1.82, 2.24) is 9.97 Å². The highest BCUT2D eigenvalue weighted by Gasteiger charge is 2.12. The Morgan fingerprint density at radius 1 is 0.952 bits per heavy atom. The smallest absolute Gasteiger partial charge is 0.162 e. The van der Waals surface area contributed by atoms with Crippen molar-refractivity contribution >= 4 is 23.2 Å². The molecule has 21 heavy (non-hydrogen) atoms. The molecule has 1 aromatic carbocycles. The number of hydrogen-bond donors (Lipinski definition) is 0.